The summed E-state index contributed by atoms with van der Waals surface area (Å²) in [6, 6.07) is 0. The molecule has 0 amide bonds. The van der Waals surface area contributed by atoms with Crippen molar-refractivity contribution in [1.82, 2.24) is 9.78 Å². The number of nitrogens with zero attached hydrogens (tertiary/aromatic N) is 4. The highest BCUT2D eigenvalue weighted by atomic mass is 16.4. The van der Waals surface area contributed by atoms with E-state index in [1.807, 2.05) is 0 Å². The van der Waals surface area contributed by atoms with Crippen molar-refractivity contribution in [3.63, 3.8) is 0 Å². The van der Waals surface area contributed by atoms with Gasteiger partial charge in [0, 0.05) is 6.42 Å². The van der Waals surface area contributed by atoms with Crippen LogP contribution in [0.3, 0.4) is 0 Å². The zero-order chi connectivity index (χ0) is 11.0. The fourth-order valence-corrected chi connectivity index (χ4v) is 1.40. The quantitative estimate of drug-likeness (QED) is 0.651. The molecule has 0 aliphatic carbocycles. The summed E-state index contributed by atoms with van der Waals surface area (Å²) in [6.45, 7) is 0.422. The molecule has 0 fully saturated rings. The van der Waals surface area contributed by atoms with Gasteiger partial charge in [-0.2, -0.15) is 10.2 Å². The van der Waals surface area contributed by atoms with E-state index in [0.717, 1.165) is 0 Å². The number of nitrogen functional groups attached to an aromatic ring is 1. The minimum Gasteiger partial charge on any atom is -0.476 e. The molecule has 5 N–H and O–H groups in total. The average molecular weight is 210 g/mol. The van der Waals surface area contributed by atoms with Gasteiger partial charge in [0.15, 0.2) is 17.7 Å². The van der Waals surface area contributed by atoms with E-state index in [9.17, 15) is 4.79 Å². The van der Waals surface area contributed by atoms with Gasteiger partial charge in [0.1, 0.15) is 5.69 Å². The Labute approximate surface area is 84.6 Å². The van der Waals surface area contributed by atoms with Gasteiger partial charge in [-0.05, 0) is 6.54 Å². The third kappa shape index (κ3) is 1.34. The van der Waals surface area contributed by atoms with Crippen molar-refractivity contribution >= 4 is 17.5 Å². The van der Waals surface area contributed by atoms with Crippen LogP contribution in [0.25, 0.3) is 0 Å². The Hall–Kier alpha value is -1.96. The molecule has 80 valence electrons. The molecule has 0 bridgehead atoms. The number of rotatable bonds is 3. The predicted molar refractivity (Wildman–Crippen MR) is 50.8 cm³/mol. The molecule has 2 heterocycles. The van der Waals surface area contributed by atoms with E-state index >= 15 is 0 Å². The first kappa shape index (κ1) is 9.59. The van der Waals surface area contributed by atoms with Crippen molar-refractivity contribution in [2.75, 3.05) is 12.3 Å². The van der Waals surface area contributed by atoms with Gasteiger partial charge in [-0.25, -0.2) is 9.48 Å². The number of fused-ring (bicyclic) bond motifs is 1. The van der Waals surface area contributed by atoms with Crippen LogP contribution in [0.1, 0.15) is 23.1 Å². The highest BCUT2D eigenvalue weighted by Crippen LogP contribution is 2.36. The van der Waals surface area contributed by atoms with Crippen LogP contribution >= 0.6 is 0 Å². The van der Waals surface area contributed by atoms with Crippen LogP contribution in [0.15, 0.2) is 10.2 Å². The average Bonchev–Trinajstić information content (AvgIpc) is 2.69. The second-order valence-corrected chi connectivity index (χ2v) is 3.11. The van der Waals surface area contributed by atoms with Gasteiger partial charge < -0.3 is 16.6 Å². The minimum atomic E-state index is -1.17. The minimum absolute atomic E-state index is 0.0470. The molecule has 1 atom stereocenters. The fourth-order valence-electron chi connectivity index (χ4n) is 1.40. The Kier molecular flexibility index (Phi) is 2.12. The van der Waals surface area contributed by atoms with Crippen molar-refractivity contribution in [3.05, 3.63) is 5.69 Å². The Morgan fingerprint density at radius 2 is 2.33 bits per heavy atom. The lowest BCUT2D eigenvalue weighted by Crippen LogP contribution is -2.11. The molecule has 1 aliphatic heterocycles. The number of hydrogen-bond donors (Lipinski definition) is 3. The van der Waals surface area contributed by atoms with Crippen LogP contribution in [0.4, 0.5) is 11.5 Å². The normalized spacial score (nSPS) is 18.1. The first-order valence-corrected chi connectivity index (χ1v) is 4.37. The monoisotopic (exact) mass is 210 g/mol. The maximum absolute atomic E-state index is 10.7. The Balaban J connectivity index is 2.42. The molecule has 0 spiro atoms. The molecule has 1 aliphatic rings. The molecule has 0 saturated heterocycles. The van der Waals surface area contributed by atoms with Gasteiger partial charge in [-0.15, -0.1) is 5.11 Å². The van der Waals surface area contributed by atoms with Crippen LogP contribution < -0.4 is 11.5 Å². The molecule has 8 nitrogen and oxygen atoms in total. The number of nitrogens with two attached hydrogens (primary N) is 2. The predicted octanol–water partition coefficient (Wildman–Crippen LogP) is 0.108. The number of aromatic nitrogens is 2. The summed E-state index contributed by atoms with van der Waals surface area (Å²) in [4.78, 5) is 10.7. The van der Waals surface area contributed by atoms with E-state index in [0.29, 0.717) is 18.8 Å². The summed E-state index contributed by atoms with van der Waals surface area (Å²) < 4.78 is 1.39. The SMILES string of the molecule is NCCC1N=Nc2c(N)c(C(=O)O)nn21. The van der Waals surface area contributed by atoms with Crippen LogP contribution in [0, 0.1) is 0 Å². The number of carbonyl (C=O) groups is 1. The molecule has 1 aromatic rings. The van der Waals surface area contributed by atoms with Gasteiger partial charge in [0.2, 0.25) is 0 Å². The van der Waals surface area contributed by atoms with Gasteiger partial charge >= 0.3 is 5.97 Å². The maximum atomic E-state index is 10.7. The van der Waals surface area contributed by atoms with E-state index in [1.54, 1.807) is 0 Å². The zero-order valence-electron chi connectivity index (χ0n) is 7.79. The van der Waals surface area contributed by atoms with Gasteiger partial charge in [-0.1, -0.05) is 0 Å². The third-order valence-electron chi connectivity index (χ3n) is 2.12. The number of azo groups is 1. The Bertz CT molecular complexity index is 437. The van der Waals surface area contributed by atoms with Crippen molar-refractivity contribution in [1.29, 1.82) is 0 Å². The molecular formula is C7H10N6O2. The highest BCUT2D eigenvalue weighted by molar-refractivity contribution is 5.94. The van der Waals surface area contributed by atoms with Crippen LogP contribution in [-0.4, -0.2) is 27.4 Å². The molecule has 1 unspecified atom stereocenters. The van der Waals surface area contributed by atoms with Gasteiger partial charge in [0.25, 0.3) is 0 Å². The molecule has 0 saturated carbocycles. The van der Waals surface area contributed by atoms with Crippen molar-refractivity contribution < 1.29 is 9.90 Å². The topological polar surface area (TPSA) is 132 Å². The number of anilines is 1. The number of carboxylic acids is 1. The van der Waals surface area contributed by atoms with E-state index < -0.39 is 5.97 Å². The largest absolute Gasteiger partial charge is 0.476 e. The Morgan fingerprint density at radius 3 is 2.93 bits per heavy atom. The molecule has 2 rings (SSSR count). The van der Waals surface area contributed by atoms with E-state index in [-0.39, 0.29) is 17.5 Å². The molecular weight excluding hydrogens is 200 g/mol. The second kappa shape index (κ2) is 3.31. The molecule has 1 aromatic heterocycles. The van der Waals surface area contributed by atoms with E-state index in [2.05, 4.69) is 15.3 Å². The first-order valence-electron chi connectivity index (χ1n) is 4.37. The van der Waals surface area contributed by atoms with Crippen molar-refractivity contribution in [2.24, 2.45) is 16.0 Å². The Morgan fingerprint density at radius 1 is 1.60 bits per heavy atom. The molecule has 8 heteroatoms. The number of carboxylic acid groups (broad SMARTS) is 1. The maximum Gasteiger partial charge on any atom is 0.358 e. The highest BCUT2D eigenvalue weighted by Gasteiger charge is 2.28. The third-order valence-corrected chi connectivity index (χ3v) is 2.12. The number of aromatic carboxylic acids is 1. The summed E-state index contributed by atoms with van der Waals surface area (Å²) in [7, 11) is 0. The summed E-state index contributed by atoms with van der Waals surface area (Å²) in [5.74, 6) is -0.873. The van der Waals surface area contributed by atoms with Crippen molar-refractivity contribution in [2.45, 2.75) is 12.6 Å². The summed E-state index contributed by atoms with van der Waals surface area (Å²) in [6.07, 6.45) is 0.219. The summed E-state index contributed by atoms with van der Waals surface area (Å²) in [5, 5.41) is 20.3. The van der Waals surface area contributed by atoms with Gasteiger partial charge in [0.05, 0.1) is 0 Å². The number of hydrogen-bond acceptors (Lipinski definition) is 6. The van der Waals surface area contributed by atoms with E-state index in [4.69, 9.17) is 16.6 Å². The van der Waals surface area contributed by atoms with Crippen LogP contribution in [0.2, 0.25) is 0 Å². The smallest absolute Gasteiger partial charge is 0.358 e. The standard InChI is InChI=1S/C7H10N6O2/c8-2-1-3-10-11-6-4(9)5(7(14)15)12-13(3)6/h3H,1-2,8-9H2,(H,14,15). The van der Waals surface area contributed by atoms with Crippen molar-refractivity contribution in [3.8, 4) is 0 Å². The summed E-state index contributed by atoms with van der Waals surface area (Å²) in [5.41, 5.74) is 10.8. The second-order valence-electron chi connectivity index (χ2n) is 3.11. The van der Waals surface area contributed by atoms with Crippen LogP contribution in [-0.2, 0) is 0 Å². The van der Waals surface area contributed by atoms with E-state index in [1.165, 1.54) is 4.68 Å². The van der Waals surface area contributed by atoms with Crippen LogP contribution in [0.5, 0.6) is 0 Å². The summed E-state index contributed by atoms with van der Waals surface area (Å²) >= 11 is 0. The lowest BCUT2D eigenvalue weighted by Gasteiger charge is -2.04. The fraction of sp³-hybridized carbons (Fsp3) is 0.429. The lowest BCUT2D eigenvalue weighted by atomic mass is 10.3. The lowest BCUT2D eigenvalue weighted by molar-refractivity contribution is 0.0690. The molecule has 0 aromatic carbocycles. The van der Waals surface area contributed by atoms with Gasteiger partial charge in [-0.3, -0.25) is 0 Å². The zero-order valence-corrected chi connectivity index (χ0v) is 7.79. The molecule has 15 heavy (non-hydrogen) atoms. The molecule has 0 radical (unpaired) electrons. The first-order chi connectivity index (χ1) is 7.15.